The molecule has 1 atom stereocenters. The third-order valence-electron chi connectivity index (χ3n) is 4.79. The Labute approximate surface area is 192 Å². The highest BCUT2D eigenvalue weighted by atomic mass is 35.5. The Balaban J connectivity index is 2.58. The minimum atomic E-state index is -1.14. The molecule has 0 aliphatic heterocycles. The summed E-state index contributed by atoms with van der Waals surface area (Å²) in [5.41, 5.74) is 1.96. The van der Waals surface area contributed by atoms with E-state index in [2.05, 4.69) is 18.8 Å². The van der Waals surface area contributed by atoms with Gasteiger partial charge in [0.2, 0.25) is 6.10 Å². The molecule has 0 bridgehead atoms. The second-order valence-electron chi connectivity index (χ2n) is 8.46. The van der Waals surface area contributed by atoms with Crippen LogP contribution in [-0.2, 0) is 20.7 Å². The van der Waals surface area contributed by atoms with Crippen LogP contribution in [0.3, 0.4) is 0 Å². The van der Waals surface area contributed by atoms with E-state index in [0.29, 0.717) is 16.3 Å². The topological polar surface area (TPSA) is 64.6 Å². The van der Waals surface area contributed by atoms with Gasteiger partial charge in [0.15, 0.2) is 0 Å². The fourth-order valence-corrected chi connectivity index (χ4v) is 3.26. The first-order valence-corrected chi connectivity index (χ1v) is 11.7. The average molecular weight is 452 g/mol. The van der Waals surface area contributed by atoms with E-state index in [1.807, 2.05) is 19.9 Å². The minimum absolute atomic E-state index is 0.187. The van der Waals surface area contributed by atoms with Gasteiger partial charge in [0, 0.05) is 10.7 Å². The lowest BCUT2D eigenvalue weighted by Gasteiger charge is -2.18. The van der Waals surface area contributed by atoms with E-state index in [1.54, 1.807) is 19.1 Å². The van der Waals surface area contributed by atoms with Gasteiger partial charge < -0.3 is 9.47 Å². The number of ether oxygens (including phenoxy) is 2. The molecule has 0 radical (unpaired) electrons. The number of amides is 1. The van der Waals surface area contributed by atoms with Crippen LogP contribution in [0.1, 0.15) is 78.2 Å². The molecule has 0 aliphatic carbocycles. The predicted octanol–water partition coefficient (Wildman–Crippen LogP) is 7.33. The van der Waals surface area contributed by atoms with Gasteiger partial charge in [0.05, 0.1) is 6.61 Å². The SMILES string of the molecule is C=C(C)C(OC(=O)Nc1ccc(Cl)c(CCCCCCCCC)c1)C(=O)OCC(C)C. The Bertz CT molecular complexity index is 717. The molecule has 1 aromatic rings. The maximum absolute atomic E-state index is 12.3. The van der Waals surface area contributed by atoms with E-state index in [-0.39, 0.29) is 12.5 Å². The number of halogens is 1. The van der Waals surface area contributed by atoms with Crippen molar-refractivity contribution in [2.45, 2.75) is 85.2 Å². The number of hydrogen-bond donors (Lipinski definition) is 1. The number of carbonyl (C=O) groups excluding carboxylic acids is 2. The zero-order valence-electron chi connectivity index (χ0n) is 19.5. The van der Waals surface area contributed by atoms with Gasteiger partial charge in [-0.25, -0.2) is 9.59 Å². The molecule has 0 aliphatic rings. The Morgan fingerprint density at radius 2 is 1.74 bits per heavy atom. The maximum atomic E-state index is 12.3. The number of unbranched alkanes of at least 4 members (excludes halogenated alkanes) is 6. The summed E-state index contributed by atoms with van der Waals surface area (Å²) in [6.45, 7) is 11.7. The smallest absolute Gasteiger partial charge is 0.412 e. The minimum Gasteiger partial charge on any atom is -0.462 e. The Morgan fingerprint density at radius 3 is 2.35 bits per heavy atom. The molecule has 6 heteroatoms. The number of benzene rings is 1. The molecule has 174 valence electrons. The molecule has 1 amide bonds. The molecule has 1 aromatic carbocycles. The van der Waals surface area contributed by atoms with Gasteiger partial charge in [-0.15, -0.1) is 0 Å². The quantitative estimate of drug-likeness (QED) is 0.183. The van der Waals surface area contributed by atoms with Crippen LogP contribution in [0.2, 0.25) is 5.02 Å². The molecule has 0 heterocycles. The third-order valence-corrected chi connectivity index (χ3v) is 5.16. The van der Waals surface area contributed by atoms with Gasteiger partial charge >= 0.3 is 12.1 Å². The molecule has 5 nitrogen and oxygen atoms in total. The highest BCUT2D eigenvalue weighted by Crippen LogP contribution is 2.23. The maximum Gasteiger partial charge on any atom is 0.412 e. The highest BCUT2D eigenvalue weighted by molar-refractivity contribution is 6.31. The number of nitrogens with one attached hydrogen (secondary N) is 1. The molecule has 1 N–H and O–H groups in total. The molecule has 31 heavy (non-hydrogen) atoms. The van der Waals surface area contributed by atoms with E-state index in [0.717, 1.165) is 18.4 Å². The summed E-state index contributed by atoms with van der Waals surface area (Å²) in [4.78, 5) is 24.5. The van der Waals surface area contributed by atoms with Crippen molar-refractivity contribution in [2.24, 2.45) is 5.92 Å². The first kappa shape index (κ1) is 27.0. The predicted molar refractivity (Wildman–Crippen MR) is 128 cm³/mol. The van der Waals surface area contributed by atoms with Crippen molar-refractivity contribution in [1.29, 1.82) is 0 Å². The first-order chi connectivity index (χ1) is 14.7. The van der Waals surface area contributed by atoms with Crippen molar-refractivity contribution in [3.05, 3.63) is 40.9 Å². The van der Waals surface area contributed by atoms with Crippen LogP contribution in [0, 0.1) is 5.92 Å². The van der Waals surface area contributed by atoms with Gasteiger partial charge in [-0.1, -0.05) is 77.5 Å². The fraction of sp³-hybridized carbons (Fsp3) is 0.600. The molecular weight excluding hydrogens is 414 g/mol. The van der Waals surface area contributed by atoms with E-state index in [1.165, 1.54) is 38.5 Å². The number of hydrogen-bond acceptors (Lipinski definition) is 4. The summed E-state index contributed by atoms with van der Waals surface area (Å²) in [6.07, 6.45) is 7.56. The largest absolute Gasteiger partial charge is 0.462 e. The summed E-state index contributed by atoms with van der Waals surface area (Å²) in [7, 11) is 0. The van der Waals surface area contributed by atoms with Crippen LogP contribution in [0.4, 0.5) is 10.5 Å². The third kappa shape index (κ3) is 11.3. The van der Waals surface area contributed by atoms with E-state index in [4.69, 9.17) is 21.1 Å². The average Bonchev–Trinajstić information content (AvgIpc) is 2.71. The second-order valence-corrected chi connectivity index (χ2v) is 8.87. The van der Waals surface area contributed by atoms with Gasteiger partial charge in [-0.3, -0.25) is 5.32 Å². The van der Waals surface area contributed by atoms with E-state index < -0.39 is 18.2 Å². The molecule has 1 rings (SSSR count). The van der Waals surface area contributed by atoms with Gasteiger partial charge in [0.25, 0.3) is 0 Å². The summed E-state index contributed by atoms with van der Waals surface area (Å²) >= 11 is 6.33. The number of rotatable bonds is 14. The van der Waals surface area contributed by atoms with E-state index >= 15 is 0 Å². The zero-order chi connectivity index (χ0) is 23.2. The van der Waals surface area contributed by atoms with Gasteiger partial charge in [-0.2, -0.15) is 0 Å². The van der Waals surface area contributed by atoms with Crippen LogP contribution in [-0.4, -0.2) is 24.8 Å². The van der Waals surface area contributed by atoms with E-state index in [9.17, 15) is 9.59 Å². The van der Waals surface area contributed by atoms with Crippen molar-refractivity contribution in [1.82, 2.24) is 0 Å². The number of anilines is 1. The molecule has 0 aromatic heterocycles. The standard InChI is InChI=1S/C25H38ClNO4/c1-6-7-8-9-10-11-12-13-20-16-21(14-15-22(20)26)27-25(29)31-23(19(4)5)24(28)30-17-18(2)3/h14-16,18,23H,4,6-13,17H2,1-3,5H3,(H,27,29). The van der Waals surface area contributed by atoms with Gasteiger partial charge in [-0.05, 0) is 55.0 Å². The van der Waals surface area contributed by atoms with Crippen molar-refractivity contribution in [2.75, 3.05) is 11.9 Å². The fourth-order valence-electron chi connectivity index (χ4n) is 3.05. The number of aryl methyl sites for hydroxylation is 1. The van der Waals surface area contributed by atoms with Gasteiger partial charge in [0.1, 0.15) is 0 Å². The van der Waals surface area contributed by atoms with Crippen molar-refractivity contribution in [3.8, 4) is 0 Å². The summed E-state index contributed by atoms with van der Waals surface area (Å²) in [5.74, 6) is -0.431. The lowest BCUT2D eigenvalue weighted by atomic mass is 10.0. The summed E-state index contributed by atoms with van der Waals surface area (Å²) < 4.78 is 10.4. The molecule has 0 spiro atoms. The number of esters is 1. The second kappa shape index (κ2) is 14.9. The molecule has 0 fully saturated rings. The number of carbonyl (C=O) groups is 2. The highest BCUT2D eigenvalue weighted by Gasteiger charge is 2.25. The van der Waals surface area contributed by atoms with Crippen molar-refractivity contribution < 1.29 is 19.1 Å². The molecule has 0 saturated carbocycles. The lowest BCUT2D eigenvalue weighted by molar-refractivity contribution is -0.152. The lowest BCUT2D eigenvalue weighted by Crippen LogP contribution is -2.32. The van der Waals surface area contributed by atoms with Crippen LogP contribution < -0.4 is 5.32 Å². The molecule has 0 saturated heterocycles. The van der Waals surface area contributed by atoms with Crippen molar-refractivity contribution in [3.63, 3.8) is 0 Å². The Morgan fingerprint density at radius 1 is 1.10 bits per heavy atom. The first-order valence-electron chi connectivity index (χ1n) is 11.3. The monoisotopic (exact) mass is 451 g/mol. The normalized spacial score (nSPS) is 11.8. The molecular formula is C25H38ClNO4. The van der Waals surface area contributed by atoms with Crippen LogP contribution >= 0.6 is 11.6 Å². The summed E-state index contributed by atoms with van der Waals surface area (Å²) in [6, 6.07) is 5.33. The summed E-state index contributed by atoms with van der Waals surface area (Å²) in [5, 5.41) is 3.35. The van der Waals surface area contributed by atoms with Crippen LogP contribution in [0.5, 0.6) is 0 Å². The molecule has 1 unspecified atom stereocenters. The zero-order valence-corrected chi connectivity index (χ0v) is 20.2. The Kier molecular flexibility index (Phi) is 13.0. The van der Waals surface area contributed by atoms with Crippen LogP contribution in [0.15, 0.2) is 30.4 Å². The Hall–Kier alpha value is -2.01. The van der Waals surface area contributed by atoms with Crippen LogP contribution in [0.25, 0.3) is 0 Å². The van der Waals surface area contributed by atoms with Crippen molar-refractivity contribution >= 4 is 29.4 Å².